The Hall–Kier alpha value is -3.87. The van der Waals surface area contributed by atoms with E-state index in [0.717, 1.165) is 27.7 Å². The molecule has 9 atom stereocenters. The van der Waals surface area contributed by atoms with Gasteiger partial charge >= 0.3 is 41.8 Å². The number of esters is 7. The van der Waals surface area contributed by atoms with E-state index in [0.29, 0.717) is 19.3 Å². The van der Waals surface area contributed by atoms with Crippen LogP contribution in [-0.4, -0.2) is 124 Å². The van der Waals surface area contributed by atoms with Gasteiger partial charge in [-0.05, 0) is 12.8 Å². The lowest BCUT2D eigenvalue weighted by molar-refractivity contribution is -0.346. The van der Waals surface area contributed by atoms with Gasteiger partial charge in [-0.2, -0.15) is 0 Å². The van der Waals surface area contributed by atoms with Gasteiger partial charge in [-0.25, -0.2) is 0 Å². The summed E-state index contributed by atoms with van der Waals surface area (Å²) in [4.78, 5) is 83.6. The number of carbonyl (C=O) groups excluding carboxylic acids is 7. The summed E-state index contributed by atoms with van der Waals surface area (Å²) < 4.78 is 61.1. The summed E-state index contributed by atoms with van der Waals surface area (Å²) in [5, 5.41) is 0. The van der Waals surface area contributed by atoms with Crippen LogP contribution in [0.1, 0.15) is 73.6 Å². The summed E-state index contributed by atoms with van der Waals surface area (Å²) in [6.45, 7) is 6.00. The van der Waals surface area contributed by atoms with Crippen LogP contribution in [0.25, 0.3) is 0 Å². The fourth-order valence-electron chi connectivity index (χ4n) is 5.15. The molecule has 2 saturated heterocycles. The summed E-state index contributed by atoms with van der Waals surface area (Å²) in [5.41, 5.74) is 0. The molecule has 0 aromatic rings. The van der Waals surface area contributed by atoms with Gasteiger partial charge in [0, 0.05) is 61.0 Å². The van der Waals surface area contributed by atoms with E-state index in [1.54, 1.807) is 0 Å². The normalized spacial score (nSPS) is 27.9. The molecule has 0 aliphatic carbocycles. The Balaban J connectivity index is 2.43. The summed E-state index contributed by atoms with van der Waals surface area (Å²) in [5.74, 6) is -4.90. The standard InChI is InChI=1S/C31H46O18/c1-16(32)41-14-23-27(22(43-18(3)34)13-26(47-23)40-12-10-8-9-11-25(38)39-7)49-31-30(46-21(6)37)29(45-20(5)36)28(44-19(4)35)24(48-31)15-42-17(2)33/h22-24,26-31H,8-15H2,1-7H3/t22-,23-,24-,26+,27+,28+,29+,30-,31+/m1/s1. The van der Waals surface area contributed by atoms with Crippen LogP contribution >= 0.6 is 0 Å². The summed E-state index contributed by atoms with van der Waals surface area (Å²) in [6, 6.07) is 0. The predicted molar refractivity (Wildman–Crippen MR) is 159 cm³/mol. The molecule has 0 radical (unpaired) electrons. The number of methoxy groups -OCH3 is 1. The topological polar surface area (TPSA) is 221 Å². The third-order valence-corrected chi connectivity index (χ3v) is 7.05. The Labute approximate surface area is 283 Å². The highest BCUT2D eigenvalue weighted by molar-refractivity contribution is 5.69. The SMILES string of the molecule is COC(=O)CCCCCO[C@@H]1C[C@@H](OC(C)=O)[C@H](O[C@@H]2O[C@H](COC(C)=O)[C@H](OC(C)=O)[C@H](OC(C)=O)[C@H]2OC(C)=O)[C@@H](COC(C)=O)O1. The molecule has 2 heterocycles. The first kappa shape index (κ1) is 41.3. The van der Waals surface area contributed by atoms with Crippen LogP contribution in [0.2, 0.25) is 0 Å². The smallest absolute Gasteiger partial charge is 0.305 e. The average Bonchev–Trinajstić information content (AvgIpc) is 2.99. The molecule has 0 bridgehead atoms. The highest BCUT2D eigenvalue weighted by Gasteiger charge is 2.55. The van der Waals surface area contributed by atoms with Crippen LogP contribution in [0.5, 0.6) is 0 Å². The molecule has 49 heavy (non-hydrogen) atoms. The molecule has 18 heteroatoms. The van der Waals surface area contributed by atoms with Crippen LogP contribution in [0.4, 0.5) is 0 Å². The molecule has 18 nitrogen and oxygen atoms in total. The molecule has 0 N–H and O–H groups in total. The number of rotatable bonds is 17. The molecule has 2 aliphatic rings. The van der Waals surface area contributed by atoms with Gasteiger partial charge in [0.25, 0.3) is 0 Å². The van der Waals surface area contributed by atoms with Crippen molar-refractivity contribution in [1.29, 1.82) is 0 Å². The maximum atomic E-state index is 12.3. The van der Waals surface area contributed by atoms with Crippen molar-refractivity contribution in [3.63, 3.8) is 0 Å². The van der Waals surface area contributed by atoms with Gasteiger partial charge in [0.05, 0.1) is 7.11 Å². The van der Waals surface area contributed by atoms with Crippen molar-refractivity contribution in [2.75, 3.05) is 26.9 Å². The van der Waals surface area contributed by atoms with E-state index in [1.165, 1.54) is 21.0 Å². The first-order valence-electron chi connectivity index (χ1n) is 15.7. The summed E-state index contributed by atoms with van der Waals surface area (Å²) >= 11 is 0. The first-order chi connectivity index (χ1) is 23.1. The van der Waals surface area contributed by atoms with Crippen molar-refractivity contribution >= 4 is 41.8 Å². The Bertz CT molecular complexity index is 1160. The lowest BCUT2D eigenvalue weighted by Crippen LogP contribution is -2.65. The second-order valence-corrected chi connectivity index (χ2v) is 11.2. The van der Waals surface area contributed by atoms with Crippen molar-refractivity contribution in [2.24, 2.45) is 0 Å². The zero-order chi connectivity index (χ0) is 36.7. The van der Waals surface area contributed by atoms with Crippen molar-refractivity contribution in [3.05, 3.63) is 0 Å². The third-order valence-electron chi connectivity index (χ3n) is 7.05. The lowest BCUT2D eigenvalue weighted by atomic mass is 9.97. The van der Waals surface area contributed by atoms with Crippen LogP contribution in [0, 0.1) is 0 Å². The van der Waals surface area contributed by atoms with Crippen LogP contribution < -0.4 is 0 Å². The lowest BCUT2D eigenvalue weighted by Gasteiger charge is -2.47. The largest absolute Gasteiger partial charge is 0.469 e. The molecule has 0 aromatic carbocycles. The Morgan fingerprint density at radius 2 is 1.12 bits per heavy atom. The molecular formula is C31H46O18. The number of unbranched alkanes of at least 4 members (excludes halogenated alkanes) is 2. The number of carbonyl (C=O) groups is 7. The van der Waals surface area contributed by atoms with Gasteiger partial charge in [-0.3, -0.25) is 33.6 Å². The Kier molecular flexibility index (Phi) is 17.4. The summed E-state index contributed by atoms with van der Waals surface area (Å²) in [7, 11) is 1.31. The van der Waals surface area contributed by atoms with Crippen molar-refractivity contribution in [2.45, 2.75) is 129 Å². The Morgan fingerprint density at radius 1 is 0.592 bits per heavy atom. The highest BCUT2D eigenvalue weighted by Crippen LogP contribution is 2.34. The van der Waals surface area contributed by atoms with Crippen molar-refractivity contribution in [1.82, 2.24) is 0 Å². The highest BCUT2D eigenvalue weighted by atomic mass is 16.8. The Morgan fingerprint density at radius 3 is 1.65 bits per heavy atom. The van der Waals surface area contributed by atoms with E-state index in [1.807, 2.05) is 0 Å². The molecular weight excluding hydrogens is 660 g/mol. The monoisotopic (exact) mass is 706 g/mol. The van der Waals surface area contributed by atoms with Crippen LogP contribution in [0.15, 0.2) is 0 Å². The minimum atomic E-state index is -1.64. The molecule has 0 spiro atoms. The van der Waals surface area contributed by atoms with E-state index in [9.17, 15) is 33.6 Å². The maximum absolute atomic E-state index is 12.3. The minimum Gasteiger partial charge on any atom is -0.469 e. The van der Waals surface area contributed by atoms with Crippen LogP contribution in [0.3, 0.4) is 0 Å². The number of hydrogen-bond donors (Lipinski definition) is 0. The summed E-state index contributed by atoms with van der Waals surface area (Å²) in [6.07, 6.45) is -9.98. The predicted octanol–water partition coefficient (Wildman–Crippen LogP) is 0.815. The van der Waals surface area contributed by atoms with Gasteiger partial charge in [0.2, 0.25) is 0 Å². The molecule has 278 valence electrons. The van der Waals surface area contributed by atoms with Crippen molar-refractivity contribution < 1.29 is 85.7 Å². The molecule has 0 saturated carbocycles. The zero-order valence-electron chi connectivity index (χ0n) is 28.7. The molecule has 2 fully saturated rings. The fourth-order valence-corrected chi connectivity index (χ4v) is 5.15. The molecule has 0 aromatic heterocycles. The quantitative estimate of drug-likeness (QED) is 0.116. The van der Waals surface area contributed by atoms with E-state index >= 15 is 0 Å². The van der Waals surface area contributed by atoms with Gasteiger partial charge in [-0.1, -0.05) is 6.42 Å². The maximum Gasteiger partial charge on any atom is 0.305 e. The molecule has 0 unspecified atom stereocenters. The number of hydrogen-bond acceptors (Lipinski definition) is 18. The molecule has 0 amide bonds. The minimum absolute atomic E-state index is 0.0613. The average molecular weight is 707 g/mol. The fraction of sp³-hybridized carbons (Fsp3) is 0.774. The second-order valence-electron chi connectivity index (χ2n) is 11.2. The van der Waals surface area contributed by atoms with E-state index in [4.69, 9.17) is 47.4 Å². The zero-order valence-corrected chi connectivity index (χ0v) is 28.7. The van der Waals surface area contributed by atoms with Crippen molar-refractivity contribution in [3.8, 4) is 0 Å². The molecule has 2 aliphatic heterocycles. The number of ether oxygens (including phenoxy) is 11. The first-order valence-corrected chi connectivity index (χ1v) is 15.7. The second kappa shape index (κ2) is 20.6. The van der Waals surface area contributed by atoms with E-state index < -0.39 is 104 Å². The van der Waals surface area contributed by atoms with E-state index in [2.05, 4.69) is 4.74 Å². The van der Waals surface area contributed by atoms with Crippen LogP contribution in [-0.2, 0) is 85.7 Å². The van der Waals surface area contributed by atoms with Gasteiger partial charge in [-0.15, -0.1) is 0 Å². The van der Waals surface area contributed by atoms with Gasteiger partial charge < -0.3 is 52.1 Å². The third kappa shape index (κ3) is 14.6. The van der Waals surface area contributed by atoms with E-state index in [-0.39, 0.29) is 25.4 Å². The van der Waals surface area contributed by atoms with Gasteiger partial charge in [0.1, 0.15) is 37.6 Å². The molecule has 2 rings (SSSR count). The van der Waals surface area contributed by atoms with Gasteiger partial charge in [0.15, 0.2) is 30.9 Å².